The topological polar surface area (TPSA) is 151 Å². The number of rotatable bonds is 3. The van der Waals surface area contributed by atoms with Crippen molar-refractivity contribution >= 4 is 45.2 Å². The molecule has 1 saturated carbocycles. The van der Waals surface area contributed by atoms with E-state index in [0.29, 0.717) is 37.7 Å². The highest BCUT2D eigenvalue weighted by Crippen LogP contribution is 2.46. The maximum absolute atomic E-state index is 13.3. The average Bonchev–Trinajstić information content (AvgIpc) is 3.19. The lowest BCUT2D eigenvalue weighted by Gasteiger charge is -2.46. The first kappa shape index (κ1) is 36.7. The molecule has 2 aliphatic carbocycles. The van der Waals surface area contributed by atoms with Crippen LogP contribution in [-0.4, -0.2) is 76.0 Å². The molecule has 1 fully saturated rings. The van der Waals surface area contributed by atoms with Gasteiger partial charge in [-0.15, -0.1) is 0 Å². The van der Waals surface area contributed by atoms with Gasteiger partial charge in [0, 0.05) is 42.1 Å². The van der Waals surface area contributed by atoms with Crippen molar-refractivity contribution in [1.29, 1.82) is 0 Å². The first-order valence-electron chi connectivity index (χ1n) is 16.8. The van der Waals surface area contributed by atoms with Gasteiger partial charge in [-0.1, -0.05) is 29.8 Å². The van der Waals surface area contributed by atoms with Crippen LogP contribution < -0.4 is 19.7 Å². The minimum atomic E-state index is -3.90. The zero-order valence-electron chi connectivity index (χ0n) is 28.2. The molecule has 6 rings (SSSR count). The van der Waals surface area contributed by atoms with Gasteiger partial charge in [-0.05, 0) is 105 Å². The fraction of sp³-hybridized carbons (Fsp3) is 0.528. The smallest absolute Gasteiger partial charge is 0.319 e. The normalized spacial score (nSPS) is 28.1. The molecule has 4 aliphatic rings. The molecule has 13 heteroatoms. The summed E-state index contributed by atoms with van der Waals surface area (Å²) in [5.41, 5.74) is 3.29. The maximum Gasteiger partial charge on any atom is 0.319 e. The number of anilines is 1. The Morgan fingerprint density at radius 2 is 1.96 bits per heavy atom. The number of hydrogen-bond donors (Lipinski definition) is 3. The standard InChI is InChI=1S/C34H42ClN3O6S.C2H4O2/c1-22-6-3-4-8-29(36-18-32(39)43-2)27-12-9-25(27)19-38-20-34(15-5-7-23-16-26(35)11-13-28(23)34)21-44-31-14-10-24(17-30(31)38)33(40)37-45(22,41)42;1-2(3)4/h4,8,10-11,13-14,16-17,22,25,27,29,36H,3,5-7,9,12,15,18-21H2,1-2H3,(H,37,40);1H3,(H,3,4)/b8-4+;/t22-,25+,27-,29+,34+;/m1./s1. The van der Waals surface area contributed by atoms with Crippen LogP contribution in [-0.2, 0) is 36.2 Å². The molecule has 11 nitrogen and oxygen atoms in total. The number of allylic oxidation sites excluding steroid dienone is 1. The summed E-state index contributed by atoms with van der Waals surface area (Å²) in [6.07, 6.45) is 9.92. The third-order valence-corrected chi connectivity index (χ3v) is 12.2. The molecule has 1 spiro atoms. The van der Waals surface area contributed by atoms with Crippen LogP contribution in [0, 0.1) is 11.8 Å². The summed E-state index contributed by atoms with van der Waals surface area (Å²) >= 11 is 6.41. The molecule has 2 aromatic rings. The van der Waals surface area contributed by atoms with Crippen molar-refractivity contribution in [3.8, 4) is 5.75 Å². The molecule has 49 heavy (non-hydrogen) atoms. The number of aliphatic carboxylic acids is 1. The molecule has 2 aliphatic heterocycles. The lowest BCUT2D eigenvalue weighted by molar-refractivity contribution is -0.139. The summed E-state index contributed by atoms with van der Waals surface area (Å²) in [5.74, 6) is -0.528. The van der Waals surface area contributed by atoms with E-state index < -0.39 is 27.1 Å². The van der Waals surface area contributed by atoms with Crippen LogP contribution >= 0.6 is 11.6 Å². The van der Waals surface area contributed by atoms with Crippen LogP contribution in [0.3, 0.4) is 0 Å². The van der Waals surface area contributed by atoms with Gasteiger partial charge in [0.25, 0.3) is 11.9 Å². The van der Waals surface area contributed by atoms with Crippen molar-refractivity contribution in [3.05, 3.63) is 70.3 Å². The van der Waals surface area contributed by atoms with E-state index >= 15 is 0 Å². The molecule has 266 valence electrons. The predicted octanol–water partition coefficient (Wildman–Crippen LogP) is 4.86. The Hall–Kier alpha value is -3.61. The van der Waals surface area contributed by atoms with E-state index in [9.17, 15) is 18.0 Å². The zero-order chi connectivity index (χ0) is 35.3. The van der Waals surface area contributed by atoms with Gasteiger partial charge in [-0.25, -0.2) is 13.1 Å². The van der Waals surface area contributed by atoms with Gasteiger partial charge in [0.15, 0.2) is 0 Å². The van der Waals surface area contributed by atoms with E-state index in [1.165, 1.54) is 18.2 Å². The molecule has 2 heterocycles. The summed E-state index contributed by atoms with van der Waals surface area (Å²) < 4.78 is 40.0. The number of amides is 1. The van der Waals surface area contributed by atoms with Crippen molar-refractivity contribution in [3.63, 3.8) is 0 Å². The number of carboxylic acids is 1. The zero-order valence-corrected chi connectivity index (χ0v) is 29.8. The summed E-state index contributed by atoms with van der Waals surface area (Å²) in [6.45, 7) is 4.70. The molecule has 0 saturated heterocycles. The highest BCUT2D eigenvalue weighted by atomic mass is 35.5. The number of carbonyl (C=O) groups excluding carboxylic acids is 2. The van der Waals surface area contributed by atoms with E-state index in [1.807, 2.05) is 12.1 Å². The van der Waals surface area contributed by atoms with Gasteiger partial charge >= 0.3 is 5.97 Å². The Labute approximate surface area is 293 Å². The van der Waals surface area contributed by atoms with Crippen LogP contribution in [0.2, 0.25) is 5.02 Å². The fourth-order valence-electron chi connectivity index (χ4n) is 7.49. The lowest BCUT2D eigenvalue weighted by Crippen LogP contribution is -2.51. The number of nitrogens with one attached hydrogen (secondary N) is 2. The van der Waals surface area contributed by atoms with E-state index in [0.717, 1.165) is 56.3 Å². The van der Waals surface area contributed by atoms with Gasteiger partial charge in [-0.3, -0.25) is 14.4 Å². The van der Waals surface area contributed by atoms with Crippen LogP contribution in [0.15, 0.2) is 48.6 Å². The van der Waals surface area contributed by atoms with E-state index in [1.54, 1.807) is 25.1 Å². The molecule has 0 aromatic heterocycles. The number of esters is 1. The fourth-order valence-corrected chi connectivity index (χ4v) is 8.70. The van der Waals surface area contributed by atoms with Crippen molar-refractivity contribution in [2.75, 3.05) is 38.3 Å². The van der Waals surface area contributed by atoms with E-state index in [2.05, 4.69) is 33.1 Å². The van der Waals surface area contributed by atoms with E-state index in [-0.39, 0.29) is 35.5 Å². The first-order valence-corrected chi connectivity index (χ1v) is 18.8. The lowest BCUT2D eigenvalue weighted by atomic mass is 9.68. The number of ether oxygens (including phenoxy) is 2. The number of carboxylic acid groups (broad SMARTS) is 1. The summed E-state index contributed by atoms with van der Waals surface area (Å²) in [5, 5.41) is 10.8. The first-order chi connectivity index (χ1) is 23.3. The number of sulfonamides is 1. The Bertz CT molecular complexity index is 1690. The second kappa shape index (κ2) is 15.5. The molecule has 0 unspecified atom stereocenters. The van der Waals surface area contributed by atoms with Crippen molar-refractivity contribution in [1.82, 2.24) is 10.0 Å². The van der Waals surface area contributed by atoms with Crippen LogP contribution in [0.4, 0.5) is 5.69 Å². The number of aryl methyl sites for hydroxylation is 1. The van der Waals surface area contributed by atoms with Gasteiger partial charge < -0.3 is 24.8 Å². The number of methoxy groups -OCH3 is 1. The second-order valence-electron chi connectivity index (χ2n) is 13.6. The number of fused-ring (bicyclic) bond motifs is 4. The summed E-state index contributed by atoms with van der Waals surface area (Å²) in [7, 11) is -2.52. The third kappa shape index (κ3) is 8.59. The summed E-state index contributed by atoms with van der Waals surface area (Å²) in [6, 6.07) is 11.3. The van der Waals surface area contributed by atoms with Gasteiger partial charge in [-0.2, -0.15) is 0 Å². The number of nitrogens with zero attached hydrogens (tertiary/aromatic N) is 1. The largest absolute Gasteiger partial charge is 0.490 e. The van der Waals surface area contributed by atoms with E-state index in [4.69, 9.17) is 31.0 Å². The average molecular weight is 716 g/mol. The second-order valence-corrected chi connectivity index (χ2v) is 16.1. The Balaban J connectivity index is 0.00000111. The predicted molar refractivity (Wildman–Crippen MR) is 188 cm³/mol. The molecular weight excluding hydrogens is 670 g/mol. The number of halogens is 1. The van der Waals surface area contributed by atoms with Crippen molar-refractivity contribution in [2.24, 2.45) is 11.8 Å². The van der Waals surface area contributed by atoms with Gasteiger partial charge in [0.05, 0.1) is 31.2 Å². The monoisotopic (exact) mass is 715 g/mol. The van der Waals surface area contributed by atoms with Crippen LogP contribution in [0.5, 0.6) is 5.75 Å². The van der Waals surface area contributed by atoms with Gasteiger partial charge in [0.1, 0.15) is 5.75 Å². The number of hydrogen-bond acceptors (Lipinski definition) is 9. The molecule has 0 radical (unpaired) electrons. The summed E-state index contributed by atoms with van der Waals surface area (Å²) in [4.78, 5) is 36.8. The molecular formula is C36H46ClN3O8S. The SMILES string of the molecule is CC(=O)O.COC(=O)CN[C@H]1/C=C/CC[C@@H](C)S(=O)(=O)NC(=O)c2ccc3c(c2)N(C[C@@H]2CC[C@H]21)C[C@@]1(CCCc2cc(Cl)ccc21)CO3. The third-order valence-electron chi connectivity index (χ3n) is 10.2. The Morgan fingerprint density at radius 3 is 2.67 bits per heavy atom. The quantitative estimate of drug-likeness (QED) is 0.297. The number of carbonyl (C=O) groups is 3. The molecule has 5 atom stereocenters. The van der Waals surface area contributed by atoms with Crippen LogP contribution in [0.1, 0.15) is 73.9 Å². The highest BCUT2D eigenvalue weighted by molar-refractivity contribution is 7.90. The van der Waals surface area contributed by atoms with Gasteiger partial charge in [0.2, 0.25) is 10.0 Å². The number of benzene rings is 2. The molecule has 1 amide bonds. The Kier molecular flexibility index (Phi) is 11.6. The minimum Gasteiger partial charge on any atom is -0.490 e. The molecule has 2 aromatic carbocycles. The van der Waals surface area contributed by atoms with Crippen LogP contribution in [0.25, 0.3) is 0 Å². The highest BCUT2D eigenvalue weighted by Gasteiger charge is 2.44. The molecule has 3 N–H and O–H groups in total. The minimum absolute atomic E-state index is 0.0667. The maximum atomic E-state index is 13.3. The Morgan fingerprint density at radius 1 is 1.18 bits per heavy atom. The van der Waals surface area contributed by atoms with Crippen molar-refractivity contribution in [2.45, 2.75) is 75.5 Å². The molecule has 2 bridgehead atoms. The van der Waals surface area contributed by atoms with Crippen molar-refractivity contribution < 1.29 is 37.4 Å².